The third kappa shape index (κ3) is 5.04. The SMILES string of the molecule is Cc1ccccc1NC(=O)C(NC(=O)c1ccc([N+](=O)[O-])cc1Cl)C(C)C. The van der Waals surface area contributed by atoms with E-state index in [0.29, 0.717) is 5.69 Å². The number of nitrogens with zero attached hydrogens (tertiary/aromatic N) is 1. The van der Waals surface area contributed by atoms with Crippen molar-refractivity contribution in [2.75, 3.05) is 5.32 Å². The van der Waals surface area contributed by atoms with E-state index >= 15 is 0 Å². The van der Waals surface area contributed by atoms with Crippen molar-refractivity contribution in [2.24, 2.45) is 5.92 Å². The number of anilines is 1. The molecule has 2 rings (SSSR count). The van der Waals surface area contributed by atoms with Crippen molar-refractivity contribution in [3.63, 3.8) is 0 Å². The summed E-state index contributed by atoms with van der Waals surface area (Å²) in [6.07, 6.45) is 0. The molecule has 0 radical (unpaired) electrons. The van der Waals surface area contributed by atoms with E-state index in [-0.39, 0.29) is 28.1 Å². The minimum atomic E-state index is -0.802. The fraction of sp³-hybridized carbons (Fsp3) is 0.263. The minimum absolute atomic E-state index is 0.0523. The molecule has 142 valence electrons. The summed E-state index contributed by atoms with van der Waals surface area (Å²) in [6, 6.07) is 10.1. The maximum atomic E-state index is 12.7. The van der Waals surface area contributed by atoms with Gasteiger partial charge in [0, 0.05) is 17.8 Å². The molecule has 2 aromatic rings. The van der Waals surface area contributed by atoms with Crippen molar-refractivity contribution in [1.29, 1.82) is 0 Å². The molecule has 0 heterocycles. The topological polar surface area (TPSA) is 101 Å². The second-order valence-corrected chi connectivity index (χ2v) is 6.83. The summed E-state index contributed by atoms with van der Waals surface area (Å²) in [7, 11) is 0. The third-order valence-electron chi connectivity index (χ3n) is 4.05. The molecule has 0 saturated carbocycles. The van der Waals surface area contributed by atoms with Crippen LogP contribution in [0.2, 0.25) is 5.02 Å². The molecule has 0 fully saturated rings. The van der Waals surface area contributed by atoms with Crippen molar-refractivity contribution in [3.05, 3.63) is 68.7 Å². The van der Waals surface area contributed by atoms with E-state index in [1.54, 1.807) is 19.9 Å². The predicted octanol–water partition coefficient (Wildman–Crippen LogP) is 3.95. The number of carbonyl (C=O) groups excluding carboxylic acids is 2. The summed E-state index contributed by atoms with van der Waals surface area (Å²) in [4.78, 5) is 35.4. The summed E-state index contributed by atoms with van der Waals surface area (Å²) < 4.78 is 0. The number of carbonyl (C=O) groups is 2. The number of halogens is 1. The van der Waals surface area contributed by atoms with Gasteiger partial charge in [0.05, 0.1) is 15.5 Å². The number of hydrogen-bond donors (Lipinski definition) is 2. The Kier molecular flexibility index (Phi) is 6.52. The first-order valence-electron chi connectivity index (χ1n) is 8.32. The Balaban J connectivity index is 2.18. The van der Waals surface area contributed by atoms with Crippen LogP contribution in [0.15, 0.2) is 42.5 Å². The first-order valence-corrected chi connectivity index (χ1v) is 8.69. The Labute approximate surface area is 161 Å². The van der Waals surface area contributed by atoms with Gasteiger partial charge in [-0.3, -0.25) is 19.7 Å². The van der Waals surface area contributed by atoms with E-state index in [0.717, 1.165) is 11.6 Å². The van der Waals surface area contributed by atoms with Crippen LogP contribution < -0.4 is 10.6 Å². The van der Waals surface area contributed by atoms with Crippen molar-refractivity contribution in [3.8, 4) is 0 Å². The second kappa shape index (κ2) is 8.64. The fourth-order valence-corrected chi connectivity index (χ4v) is 2.74. The molecule has 8 heteroatoms. The number of nitro benzene ring substituents is 1. The number of hydrogen-bond acceptors (Lipinski definition) is 4. The zero-order valence-corrected chi connectivity index (χ0v) is 15.9. The van der Waals surface area contributed by atoms with Crippen molar-refractivity contribution >= 4 is 34.8 Å². The normalized spacial score (nSPS) is 11.7. The summed E-state index contributed by atoms with van der Waals surface area (Å²) in [5, 5.41) is 16.2. The number of benzene rings is 2. The Morgan fingerprint density at radius 1 is 1.15 bits per heavy atom. The average Bonchev–Trinajstić information content (AvgIpc) is 2.60. The number of amides is 2. The highest BCUT2D eigenvalue weighted by atomic mass is 35.5. The van der Waals surface area contributed by atoms with Gasteiger partial charge in [0.25, 0.3) is 11.6 Å². The van der Waals surface area contributed by atoms with Gasteiger partial charge in [0.2, 0.25) is 5.91 Å². The summed E-state index contributed by atoms with van der Waals surface area (Å²) in [5.74, 6) is -1.12. The van der Waals surface area contributed by atoms with Gasteiger partial charge in [-0.1, -0.05) is 43.6 Å². The first-order chi connectivity index (χ1) is 12.7. The Morgan fingerprint density at radius 2 is 1.81 bits per heavy atom. The van der Waals surface area contributed by atoms with Crippen LogP contribution in [0.3, 0.4) is 0 Å². The van der Waals surface area contributed by atoms with Crippen LogP contribution in [0, 0.1) is 23.0 Å². The zero-order valence-electron chi connectivity index (χ0n) is 15.2. The lowest BCUT2D eigenvalue weighted by Crippen LogP contribution is -2.47. The van der Waals surface area contributed by atoms with Crippen LogP contribution >= 0.6 is 11.6 Å². The average molecular weight is 390 g/mol. The van der Waals surface area contributed by atoms with Gasteiger partial charge < -0.3 is 10.6 Å². The standard InChI is InChI=1S/C19H20ClN3O4/c1-11(2)17(19(25)21-16-7-5-4-6-12(16)3)22-18(24)14-9-8-13(23(26)27)10-15(14)20/h4-11,17H,1-3H3,(H,21,25)(H,22,24). The van der Waals surface area contributed by atoms with E-state index in [1.165, 1.54) is 12.1 Å². The molecule has 7 nitrogen and oxygen atoms in total. The molecule has 0 spiro atoms. The first kappa shape index (κ1) is 20.4. The molecule has 2 N–H and O–H groups in total. The molecule has 2 aromatic carbocycles. The molecular formula is C19H20ClN3O4. The monoisotopic (exact) mass is 389 g/mol. The van der Waals surface area contributed by atoms with Crippen LogP contribution in [0.25, 0.3) is 0 Å². The smallest absolute Gasteiger partial charge is 0.270 e. The van der Waals surface area contributed by atoms with E-state index in [2.05, 4.69) is 10.6 Å². The quantitative estimate of drug-likeness (QED) is 0.576. The molecular weight excluding hydrogens is 370 g/mol. The van der Waals surface area contributed by atoms with Gasteiger partial charge in [-0.15, -0.1) is 0 Å². The molecule has 0 aliphatic rings. The number of rotatable bonds is 6. The molecule has 0 saturated heterocycles. The number of aryl methyl sites for hydroxylation is 1. The number of nitro groups is 1. The summed E-state index contributed by atoms with van der Waals surface area (Å²) in [6.45, 7) is 5.48. The van der Waals surface area contributed by atoms with E-state index in [1.807, 2.05) is 25.1 Å². The Morgan fingerprint density at radius 3 is 2.37 bits per heavy atom. The lowest BCUT2D eigenvalue weighted by atomic mass is 10.0. The molecule has 0 bridgehead atoms. The molecule has 0 aliphatic carbocycles. The van der Waals surface area contributed by atoms with Gasteiger partial charge in [0.15, 0.2) is 0 Å². The van der Waals surface area contributed by atoms with Gasteiger partial charge in [-0.2, -0.15) is 0 Å². The number of para-hydroxylation sites is 1. The zero-order chi connectivity index (χ0) is 20.1. The maximum absolute atomic E-state index is 12.7. The van der Waals surface area contributed by atoms with Crippen LogP contribution in [-0.4, -0.2) is 22.8 Å². The predicted molar refractivity (Wildman–Crippen MR) is 104 cm³/mol. The van der Waals surface area contributed by atoms with Crippen molar-refractivity contribution < 1.29 is 14.5 Å². The molecule has 1 atom stereocenters. The Hall–Kier alpha value is -2.93. The molecule has 2 amide bonds. The lowest BCUT2D eigenvalue weighted by Gasteiger charge is -2.22. The highest BCUT2D eigenvalue weighted by molar-refractivity contribution is 6.34. The van der Waals surface area contributed by atoms with Crippen LogP contribution in [-0.2, 0) is 4.79 Å². The maximum Gasteiger partial charge on any atom is 0.270 e. The van der Waals surface area contributed by atoms with Crippen LogP contribution in [0.1, 0.15) is 29.8 Å². The van der Waals surface area contributed by atoms with Gasteiger partial charge >= 0.3 is 0 Å². The lowest BCUT2D eigenvalue weighted by molar-refractivity contribution is -0.384. The fourth-order valence-electron chi connectivity index (χ4n) is 2.48. The van der Waals surface area contributed by atoms with Crippen molar-refractivity contribution in [1.82, 2.24) is 5.32 Å². The highest BCUT2D eigenvalue weighted by Gasteiger charge is 2.26. The van der Waals surface area contributed by atoms with Gasteiger partial charge in [0.1, 0.15) is 6.04 Å². The summed E-state index contributed by atoms with van der Waals surface area (Å²) in [5.41, 5.74) is 1.42. The van der Waals surface area contributed by atoms with Crippen molar-refractivity contribution in [2.45, 2.75) is 26.8 Å². The molecule has 1 unspecified atom stereocenters. The Bertz CT molecular complexity index is 883. The number of nitrogens with one attached hydrogen (secondary N) is 2. The molecule has 0 aromatic heterocycles. The minimum Gasteiger partial charge on any atom is -0.340 e. The van der Waals surface area contributed by atoms with E-state index < -0.39 is 16.9 Å². The van der Waals surface area contributed by atoms with Crippen LogP contribution in [0.4, 0.5) is 11.4 Å². The van der Waals surface area contributed by atoms with E-state index in [4.69, 9.17) is 11.6 Å². The highest BCUT2D eigenvalue weighted by Crippen LogP contribution is 2.23. The van der Waals surface area contributed by atoms with Crippen LogP contribution in [0.5, 0.6) is 0 Å². The van der Waals surface area contributed by atoms with E-state index in [9.17, 15) is 19.7 Å². The van der Waals surface area contributed by atoms with Gasteiger partial charge in [-0.05, 0) is 30.5 Å². The van der Waals surface area contributed by atoms with Gasteiger partial charge in [-0.25, -0.2) is 0 Å². The summed E-state index contributed by atoms with van der Waals surface area (Å²) >= 11 is 6.00. The molecule has 0 aliphatic heterocycles. The number of non-ortho nitro benzene ring substituents is 1. The largest absolute Gasteiger partial charge is 0.340 e. The molecule has 27 heavy (non-hydrogen) atoms. The second-order valence-electron chi connectivity index (χ2n) is 6.42. The third-order valence-corrected chi connectivity index (χ3v) is 4.36.